The number of benzene rings is 1. The van der Waals surface area contributed by atoms with Crippen LogP contribution in [-0.4, -0.2) is 59.1 Å². The lowest BCUT2D eigenvalue weighted by atomic mass is 9.86. The average Bonchev–Trinajstić information content (AvgIpc) is 3.00. The molecule has 2 bridgehead atoms. The Morgan fingerprint density at radius 3 is 2.46 bits per heavy atom. The van der Waals surface area contributed by atoms with Crippen molar-refractivity contribution in [2.75, 3.05) is 7.11 Å². The van der Waals surface area contributed by atoms with Crippen LogP contribution in [0.3, 0.4) is 0 Å². The number of carboxylic acid groups (broad SMARTS) is 1. The highest BCUT2D eigenvalue weighted by Gasteiger charge is 2.53. The number of rotatable bonds is 6. The molecule has 150 valence electrons. The van der Waals surface area contributed by atoms with Crippen LogP contribution < -0.4 is 0 Å². The van der Waals surface area contributed by atoms with Crippen LogP contribution in [0.15, 0.2) is 30.3 Å². The fraction of sp³-hybridized carbons (Fsp3) is 0.500. The van der Waals surface area contributed by atoms with Crippen LogP contribution in [0.5, 0.6) is 0 Å². The summed E-state index contributed by atoms with van der Waals surface area (Å²) in [5.41, 5.74) is 0.387. The Hall–Kier alpha value is -2.90. The lowest BCUT2D eigenvalue weighted by Crippen LogP contribution is -2.57. The van der Waals surface area contributed by atoms with E-state index in [0.717, 1.165) is 0 Å². The van der Waals surface area contributed by atoms with Gasteiger partial charge in [0.25, 0.3) is 0 Å². The van der Waals surface area contributed by atoms with Gasteiger partial charge in [0.15, 0.2) is 0 Å². The maximum Gasteiger partial charge on any atom is 0.338 e. The van der Waals surface area contributed by atoms with E-state index in [1.807, 2.05) is 0 Å². The maximum absolute atomic E-state index is 12.6. The van der Waals surface area contributed by atoms with Gasteiger partial charge in [0.2, 0.25) is 5.91 Å². The summed E-state index contributed by atoms with van der Waals surface area (Å²) in [7, 11) is 1.26. The molecule has 2 aliphatic heterocycles. The normalized spacial score (nSPS) is 25.8. The van der Waals surface area contributed by atoms with Crippen LogP contribution in [-0.2, 0) is 23.9 Å². The van der Waals surface area contributed by atoms with E-state index in [1.54, 1.807) is 35.2 Å². The summed E-state index contributed by atoms with van der Waals surface area (Å²) >= 11 is 0. The summed E-state index contributed by atoms with van der Waals surface area (Å²) in [5.74, 6) is -3.18. The third-order valence-corrected chi connectivity index (χ3v) is 5.45. The van der Waals surface area contributed by atoms with Crippen molar-refractivity contribution in [1.29, 1.82) is 0 Å². The van der Waals surface area contributed by atoms with Gasteiger partial charge < -0.3 is 19.5 Å². The molecule has 0 spiro atoms. The summed E-state index contributed by atoms with van der Waals surface area (Å²) in [6, 6.07) is 7.87. The smallest absolute Gasteiger partial charge is 0.338 e. The van der Waals surface area contributed by atoms with Gasteiger partial charge in [0.1, 0.15) is 12.0 Å². The first-order chi connectivity index (χ1) is 13.4. The predicted molar refractivity (Wildman–Crippen MR) is 96.3 cm³/mol. The van der Waals surface area contributed by atoms with E-state index in [9.17, 15) is 19.2 Å². The number of hydrogen-bond acceptors (Lipinski definition) is 6. The standard InChI is InChI=1S/C20H23NO7/c1-27-20(26)18-14-8-7-13(21(14)16(22)9-10-17(23)24)11-15(18)28-19(25)12-5-3-2-4-6-12/h2-6,13-15,18H,7-11H2,1H3,(H,23,24)/t13-,14?,15?,18?/m1/s1. The number of aliphatic carboxylic acids is 1. The van der Waals surface area contributed by atoms with Gasteiger partial charge in [-0.05, 0) is 25.0 Å². The highest BCUT2D eigenvalue weighted by atomic mass is 16.6. The molecule has 4 atom stereocenters. The van der Waals surface area contributed by atoms with Crippen molar-refractivity contribution >= 4 is 23.8 Å². The molecule has 0 saturated carbocycles. The molecule has 2 saturated heterocycles. The Morgan fingerprint density at radius 1 is 1.11 bits per heavy atom. The highest BCUT2D eigenvalue weighted by molar-refractivity contribution is 5.90. The first kappa shape index (κ1) is 19.9. The molecule has 2 heterocycles. The molecular formula is C20H23NO7. The highest BCUT2D eigenvalue weighted by Crippen LogP contribution is 2.42. The number of nitrogens with zero attached hydrogens (tertiary/aromatic N) is 1. The summed E-state index contributed by atoms with van der Waals surface area (Å²) < 4.78 is 10.6. The quantitative estimate of drug-likeness (QED) is 0.736. The number of ether oxygens (including phenoxy) is 2. The van der Waals surface area contributed by atoms with E-state index < -0.39 is 36.0 Å². The molecule has 1 aromatic rings. The minimum atomic E-state index is -1.04. The van der Waals surface area contributed by atoms with Gasteiger partial charge in [0, 0.05) is 24.9 Å². The van der Waals surface area contributed by atoms with Gasteiger partial charge in [-0.25, -0.2) is 4.79 Å². The third-order valence-electron chi connectivity index (χ3n) is 5.45. The fourth-order valence-electron chi connectivity index (χ4n) is 4.24. The summed E-state index contributed by atoms with van der Waals surface area (Å²) in [6.45, 7) is 0. The van der Waals surface area contributed by atoms with Gasteiger partial charge in [-0.15, -0.1) is 0 Å². The molecular weight excluding hydrogens is 366 g/mol. The van der Waals surface area contributed by atoms with Crippen molar-refractivity contribution in [2.45, 2.75) is 50.3 Å². The monoisotopic (exact) mass is 389 g/mol. The van der Waals surface area contributed by atoms with Gasteiger partial charge >= 0.3 is 17.9 Å². The fourth-order valence-corrected chi connectivity index (χ4v) is 4.24. The number of esters is 2. The summed E-state index contributed by atoms with van der Waals surface area (Å²) in [4.78, 5) is 49.9. The Kier molecular flexibility index (Phi) is 5.96. The van der Waals surface area contributed by atoms with Gasteiger partial charge in [-0.3, -0.25) is 14.4 Å². The molecule has 8 heteroatoms. The minimum Gasteiger partial charge on any atom is -0.481 e. The van der Waals surface area contributed by atoms with Crippen LogP contribution >= 0.6 is 0 Å². The van der Waals surface area contributed by atoms with Crippen molar-refractivity contribution in [2.24, 2.45) is 5.92 Å². The van der Waals surface area contributed by atoms with Gasteiger partial charge in [-0.1, -0.05) is 18.2 Å². The van der Waals surface area contributed by atoms with Crippen LogP contribution in [0.1, 0.15) is 42.5 Å². The van der Waals surface area contributed by atoms with E-state index in [0.29, 0.717) is 24.8 Å². The Morgan fingerprint density at radius 2 is 1.82 bits per heavy atom. The van der Waals surface area contributed by atoms with Crippen molar-refractivity contribution in [3.63, 3.8) is 0 Å². The number of carboxylic acids is 1. The lowest BCUT2D eigenvalue weighted by molar-refractivity contribution is -0.160. The van der Waals surface area contributed by atoms with Crippen LogP contribution in [0.25, 0.3) is 0 Å². The molecule has 0 aliphatic carbocycles. The second kappa shape index (κ2) is 8.41. The second-order valence-corrected chi connectivity index (χ2v) is 7.09. The van der Waals surface area contributed by atoms with Crippen molar-refractivity contribution < 1.29 is 33.8 Å². The first-order valence-corrected chi connectivity index (χ1v) is 9.29. The number of fused-ring (bicyclic) bond motifs is 2. The number of amides is 1. The van der Waals surface area contributed by atoms with E-state index in [4.69, 9.17) is 14.6 Å². The molecule has 0 aromatic heterocycles. The summed E-state index contributed by atoms with van der Waals surface area (Å²) in [6.07, 6.45) is 0.516. The summed E-state index contributed by atoms with van der Waals surface area (Å²) in [5, 5.41) is 8.83. The largest absolute Gasteiger partial charge is 0.481 e. The number of piperidine rings is 1. The lowest BCUT2D eigenvalue weighted by Gasteiger charge is -2.42. The van der Waals surface area contributed by atoms with Crippen LogP contribution in [0, 0.1) is 5.92 Å². The Labute approximate surface area is 162 Å². The first-order valence-electron chi connectivity index (χ1n) is 9.29. The van der Waals surface area contributed by atoms with Crippen LogP contribution in [0.4, 0.5) is 0 Å². The molecule has 2 fully saturated rings. The Balaban J connectivity index is 1.78. The SMILES string of the molecule is COC(=O)C1C(OC(=O)c2ccccc2)C[C@H]2CCC1N2C(=O)CCC(=O)O. The van der Waals surface area contributed by atoms with Gasteiger partial charge in [-0.2, -0.15) is 0 Å². The predicted octanol–water partition coefficient (Wildman–Crippen LogP) is 1.63. The number of methoxy groups -OCH3 is 1. The molecule has 0 radical (unpaired) electrons. The Bertz CT molecular complexity index is 763. The molecule has 8 nitrogen and oxygen atoms in total. The van der Waals surface area contributed by atoms with Crippen molar-refractivity contribution in [3.05, 3.63) is 35.9 Å². The average molecular weight is 389 g/mol. The topological polar surface area (TPSA) is 110 Å². The number of hydrogen-bond donors (Lipinski definition) is 1. The maximum atomic E-state index is 12.6. The number of carbonyl (C=O) groups is 4. The molecule has 1 amide bonds. The van der Waals surface area contributed by atoms with Crippen LogP contribution in [0.2, 0.25) is 0 Å². The molecule has 1 aromatic carbocycles. The van der Waals surface area contributed by atoms with E-state index in [2.05, 4.69) is 0 Å². The van der Waals surface area contributed by atoms with E-state index >= 15 is 0 Å². The van der Waals surface area contributed by atoms with Crippen molar-refractivity contribution in [3.8, 4) is 0 Å². The zero-order valence-electron chi connectivity index (χ0n) is 15.6. The molecule has 28 heavy (non-hydrogen) atoms. The second-order valence-electron chi connectivity index (χ2n) is 7.09. The van der Waals surface area contributed by atoms with Crippen molar-refractivity contribution in [1.82, 2.24) is 4.90 Å². The third kappa shape index (κ3) is 4.00. The molecule has 3 unspecified atom stereocenters. The van der Waals surface area contributed by atoms with E-state index in [1.165, 1.54) is 7.11 Å². The molecule has 1 N–H and O–H groups in total. The molecule has 2 aliphatic rings. The van der Waals surface area contributed by atoms with Gasteiger partial charge in [0.05, 0.1) is 19.1 Å². The zero-order chi connectivity index (χ0) is 20.3. The van der Waals surface area contributed by atoms with E-state index in [-0.39, 0.29) is 24.8 Å². The minimum absolute atomic E-state index is 0.120. The zero-order valence-corrected chi connectivity index (χ0v) is 15.6. The molecule has 3 rings (SSSR count). The number of carbonyl (C=O) groups excluding carboxylic acids is 3.